The molecule has 0 heterocycles. The molecule has 0 saturated carbocycles. The zero-order valence-corrected chi connectivity index (χ0v) is 10.7. The first-order chi connectivity index (χ1) is 8.71. The lowest BCUT2D eigenvalue weighted by atomic mass is 10.1. The fourth-order valence-corrected chi connectivity index (χ4v) is 1.43. The summed E-state index contributed by atoms with van der Waals surface area (Å²) in [5, 5.41) is 20.7. The van der Waals surface area contributed by atoms with Crippen LogP contribution in [0, 0.1) is 0 Å². The predicted octanol–water partition coefficient (Wildman–Crippen LogP) is 1.16. The van der Waals surface area contributed by atoms with Gasteiger partial charge in [0.05, 0.1) is 6.10 Å². The van der Waals surface area contributed by atoms with Crippen LogP contribution in [0.2, 0.25) is 0 Å². The first-order valence-electron chi connectivity index (χ1n) is 5.83. The van der Waals surface area contributed by atoms with E-state index in [-0.39, 0.29) is 12.1 Å². The third kappa shape index (κ3) is 4.57. The van der Waals surface area contributed by atoms with Crippen molar-refractivity contribution in [2.24, 2.45) is 0 Å². The highest BCUT2D eigenvalue weighted by Gasteiger charge is 2.24. The van der Waals surface area contributed by atoms with Crippen LogP contribution in [0.25, 0.3) is 0 Å². The molecule has 1 aromatic rings. The summed E-state index contributed by atoms with van der Waals surface area (Å²) in [6, 6.07) is 5.52. The molecular formula is C13H17F2NO3. The van der Waals surface area contributed by atoms with E-state index in [1.165, 1.54) is 31.2 Å². The molecule has 2 atom stereocenters. The minimum atomic E-state index is -2.90. The lowest BCUT2D eigenvalue weighted by molar-refractivity contribution is -0.134. The van der Waals surface area contributed by atoms with Gasteiger partial charge in [-0.1, -0.05) is 24.3 Å². The summed E-state index contributed by atoms with van der Waals surface area (Å²) >= 11 is 0. The van der Waals surface area contributed by atoms with Gasteiger partial charge in [-0.2, -0.15) is 0 Å². The number of benzene rings is 1. The summed E-state index contributed by atoms with van der Waals surface area (Å²) in [5.41, 5.74) is 0.519. The number of alkyl halides is 2. The standard InChI is InChI=1S/C13H17F2NO3/c1-8(17)11(18)12(19)16-7-9-3-5-10(6-4-9)13(2,14)15/h3-6,8,11,17-18H,7H2,1-2H3,(H,16,19)/t8-,11+/m0/s1. The molecule has 0 aliphatic carbocycles. The van der Waals surface area contributed by atoms with Gasteiger partial charge in [-0.3, -0.25) is 4.79 Å². The molecule has 1 aromatic carbocycles. The molecule has 0 radical (unpaired) electrons. The molecule has 106 valence electrons. The van der Waals surface area contributed by atoms with E-state index in [1.54, 1.807) is 0 Å². The van der Waals surface area contributed by atoms with Gasteiger partial charge in [0.25, 0.3) is 11.8 Å². The Morgan fingerprint density at radius 1 is 1.32 bits per heavy atom. The molecule has 0 aliphatic heterocycles. The molecule has 1 amide bonds. The second kappa shape index (κ2) is 6.08. The number of amides is 1. The van der Waals surface area contributed by atoms with E-state index in [4.69, 9.17) is 5.11 Å². The van der Waals surface area contributed by atoms with Crippen LogP contribution in [0.15, 0.2) is 24.3 Å². The number of halogens is 2. The zero-order valence-electron chi connectivity index (χ0n) is 10.7. The van der Waals surface area contributed by atoms with Crippen LogP contribution in [0.3, 0.4) is 0 Å². The SMILES string of the molecule is C[C@H](O)[C@@H](O)C(=O)NCc1ccc(C(C)(F)F)cc1. The molecule has 0 aliphatic rings. The topological polar surface area (TPSA) is 69.6 Å². The lowest BCUT2D eigenvalue weighted by Crippen LogP contribution is -2.40. The van der Waals surface area contributed by atoms with Crippen molar-refractivity contribution in [2.45, 2.75) is 38.5 Å². The van der Waals surface area contributed by atoms with Crippen LogP contribution in [-0.2, 0) is 17.3 Å². The third-order valence-corrected chi connectivity index (χ3v) is 2.65. The van der Waals surface area contributed by atoms with Crippen molar-refractivity contribution in [1.82, 2.24) is 5.32 Å². The predicted molar refractivity (Wildman–Crippen MR) is 65.5 cm³/mol. The Balaban J connectivity index is 2.58. The minimum absolute atomic E-state index is 0.0954. The molecule has 6 heteroatoms. The highest BCUT2D eigenvalue weighted by atomic mass is 19.3. The van der Waals surface area contributed by atoms with Crippen LogP contribution in [0.4, 0.5) is 8.78 Å². The number of aliphatic hydroxyl groups excluding tert-OH is 2. The molecular weight excluding hydrogens is 256 g/mol. The van der Waals surface area contributed by atoms with Crippen LogP contribution in [0.5, 0.6) is 0 Å². The Hall–Kier alpha value is -1.53. The van der Waals surface area contributed by atoms with Crippen LogP contribution >= 0.6 is 0 Å². The Morgan fingerprint density at radius 3 is 2.26 bits per heavy atom. The molecule has 19 heavy (non-hydrogen) atoms. The van der Waals surface area contributed by atoms with Crippen molar-refractivity contribution >= 4 is 5.91 Å². The van der Waals surface area contributed by atoms with Crippen molar-refractivity contribution in [3.05, 3.63) is 35.4 Å². The van der Waals surface area contributed by atoms with E-state index >= 15 is 0 Å². The fourth-order valence-electron chi connectivity index (χ4n) is 1.43. The number of aliphatic hydroxyl groups is 2. The van der Waals surface area contributed by atoms with Gasteiger partial charge in [-0.25, -0.2) is 8.78 Å². The second-order valence-electron chi connectivity index (χ2n) is 4.49. The Morgan fingerprint density at radius 2 is 1.84 bits per heavy atom. The first kappa shape index (κ1) is 15.5. The van der Waals surface area contributed by atoms with E-state index in [0.717, 1.165) is 6.92 Å². The molecule has 0 fully saturated rings. The highest BCUT2D eigenvalue weighted by Crippen LogP contribution is 2.26. The number of rotatable bonds is 5. The highest BCUT2D eigenvalue weighted by molar-refractivity contribution is 5.80. The summed E-state index contributed by atoms with van der Waals surface area (Å²) in [6.45, 7) is 2.20. The molecule has 0 saturated heterocycles. The summed E-state index contributed by atoms with van der Waals surface area (Å²) < 4.78 is 25.9. The molecule has 0 aromatic heterocycles. The van der Waals surface area contributed by atoms with Crippen molar-refractivity contribution in [1.29, 1.82) is 0 Å². The number of hydrogen-bond donors (Lipinski definition) is 3. The van der Waals surface area contributed by atoms with Crippen LogP contribution in [-0.4, -0.2) is 28.3 Å². The quantitative estimate of drug-likeness (QED) is 0.754. The Labute approximate surface area is 110 Å². The van der Waals surface area contributed by atoms with Gasteiger partial charge in [0.2, 0.25) is 0 Å². The normalized spacial score (nSPS) is 14.8. The van der Waals surface area contributed by atoms with Gasteiger partial charge >= 0.3 is 0 Å². The van der Waals surface area contributed by atoms with Crippen molar-refractivity contribution < 1.29 is 23.8 Å². The maximum Gasteiger partial charge on any atom is 0.270 e. The van der Waals surface area contributed by atoms with E-state index in [0.29, 0.717) is 5.56 Å². The van der Waals surface area contributed by atoms with Crippen molar-refractivity contribution in [2.75, 3.05) is 0 Å². The molecule has 3 N–H and O–H groups in total. The minimum Gasteiger partial charge on any atom is -0.390 e. The molecule has 0 bridgehead atoms. The van der Waals surface area contributed by atoms with Crippen molar-refractivity contribution in [3.63, 3.8) is 0 Å². The van der Waals surface area contributed by atoms with Gasteiger partial charge < -0.3 is 15.5 Å². The molecule has 0 spiro atoms. The van der Waals surface area contributed by atoms with Gasteiger partial charge in [0.15, 0.2) is 6.10 Å². The summed E-state index contributed by atoms with van der Waals surface area (Å²) in [7, 11) is 0. The number of carbonyl (C=O) groups excluding carboxylic acids is 1. The van der Waals surface area contributed by atoms with E-state index < -0.39 is 24.0 Å². The Bertz CT molecular complexity index is 427. The van der Waals surface area contributed by atoms with Crippen LogP contribution in [0.1, 0.15) is 25.0 Å². The molecule has 1 rings (SSSR count). The average Bonchev–Trinajstić information content (AvgIpc) is 2.34. The summed E-state index contributed by atoms with van der Waals surface area (Å²) in [4.78, 5) is 11.3. The van der Waals surface area contributed by atoms with Gasteiger partial charge in [-0.05, 0) is 12.5 Å². The van der Waals surface area contributed by atoms with Crippen LogP contribution < -0.4 is 5.32 Å². The van der Waals surface area contributed by atoms with Gasteiger partial charge in [-0.15, -0.1) is 0 Å². The number of carbonyl (C=O) groups is 1. The summed E-state index contributed by atoms with van der Waals surface area (Å²) in [5.74, 6) is -3.61. The molecule has 0 unspecified atom stereocenters. The monoisotopic (exact) mass is 273 g/mol. The first-order valence-corrected chi connectivity index (χ1v) is 5.83. The van der Waals surface area contributed by atoms with Gasteiger partial charge in [0.1, 0.15) is 0 Å². The zero-order chi connectivity index (χ0) is 14.6. The average molecular weight is 273 g/mol. The number of hydrogen-bond acceptors (Lipinski definition) is 3. The largest absolute Gasteiger partial charge is 0.390 e. The third-order valence-electron chi connectivity index (χ3n) is 2.65. The Kier molecular flexibility index (Phi) is 4.97. The molecule has 4 nitrogen and oxygen atoms in total. The summed E-state index contributed by atoms with van der Waals surface area (Å²) in [6.07, 6.45) is -2.67. The number of nitrogens with one attached hydrogen (secondary N) is 1. The lowest BCUT2D eigenvalue weighted by Gasteiger charge is -2.14. The fraction of sp³-hybridized carbons (Fsp3) is 0.462. The maximum absolute atomic E-state index is 13.0. The second-order valence-corrected chi connectivity index (χ2v) is 4.49. The van der Waals surface area contributed by atoms with E-state index in [1.807, 2.05) is 0 Å². The van der Waals surface area contributed by atoms with E-state index in [2.05, 4.69) is 5.32 Å². The smallest absolute Gasteiger partial charge is 0.270 e. The maximum atomic E-state index is 13.0. The van der Waals surface area contributed by atoms with Crippen molar-refractivity contribution in [3.8, 4) is 0 Å². The van der Waals surface area contributed by atoms with Gasteiger partial charge in [0, 0.05) is 19.0 Å². The van der Waals surface area contributed by atoms with E-state index in [9.17, 15) is 18.7 Å².